The fourth-order valence-electron chi connectivity index (χ4n) is 4.12. The maximum Gasteiger partial charge on any atom is 0.245 e. The van der Waals surface area contributed by atoms with Crippen LogP contribution in [0, 0.1) is 5.92 Å². The normalized spacial score (nSPS) is 20.3. The number of fused-ring (bicyclic) bond motifs is 1. The van der Waals surface area contributed by atoms with Gasteiger partial charge in [0.1, 0.15) is 11.9 Å². The fourth-order valence-corrected chi connectivity index (χ4v) is 4.12. The van der Waals surface area contributed by atoms with Crippen molar-refractivity contribution in [2.24, 2.45) is 5.92 Å². The van der Waals surface area contributed by atoms with Gasteiger partial charge in [0.05, 0.1) is 6.54 Å². The fraction of sp³-hybridized carbons (Fsp3) is 0.550. The molecule has 7 heteroatoms. The first-order valence-corrected chi connectivity index (χ1v) is 9.68. The molecule has 146 valence electrons. The van der Waals surface area contributed by atoms with Gasteiger partial charge in [0.15, 0.2) is 5.82 Å². The van der Waals surface area contributed by atoms with Crippen LogP contribution in [0.25, 0.3) is 0 Å². The summed E-state index contributed by atoms with van der Waals surface area (Å²) in [4.78, 5) is 14.8. The smallest absolute Gasteiger partial charge is 0.245 e. The first kappa shape index (κ1) is 19.8. The number of carbonyl (C=O) groups is 1. The molecule has 1 amide bonds. The Kier molecular flexibility index (Phi) is 6.50. The first-order chi connectivity index (χ1) is 12.7. The third kappa shape index (κ3) is 4.33. The van der Waals surface area contributed by atoms with Crippen LogP contribution in [0.1, 0.15) is 43.0 Å². The van der Waals surface area contributed by atoms with Crippen molar-refractivity contribution in [3.63, 3.8) is 0 Å². The molecule has 0 unspecified atom stereocenters. The maximum atomic E-state index is 12.9. The van der Waals surface area contributed by atoms with Gasteiger partial charge in [-0.3, -0.25) is 4.79 Å². The van der Waals surface area contributed by atoms with Crippen LogP contribution in [-0.4, -0.2) is 45.2 Å². The number of hydrogen-bond donors (Lipinski definition) is 1. The summed E-state index contributed by atoms with van der Waals surface area (Å²) in [7, 11) is 0. The minimum atomic E-state index is -0.207. The topological polar surface area (TPSA) is 63.1 Å². The van der Waals surface area contributed by atoms with Crippen LogP contribution in [0.5, 0.6) is 0 Å². The molecule has 0 saturated carbocycles. The molecule has 3 heterocycles. The highest BCUT2D eigenvalue weighted by molar-refractivity contribution is 5.85. The molecule has 4 rings (SSSR count). The Morgan fingerprint density at radius 2 is 1.89 bits per heavy atom. The van der Waals surface area contributed by atoms with Crippen LogP contribution >= 0.6 is 12.4 Å². The number of benzene rings is 1. The van der Waals surface area contributed by atoms with Crippen LogP contribution in [0.3, 0.4) is 0 Å². The minimum Gasteiger partial charge on any atom is -0.333 e. The Labute approximate surface area is 166 Å². The number of amides is 1. The zero-order valence-electron chi connectivity index (χ0n) is 15.8. The summed E-state index contributed by atoms with van der Waals surface area (Å²) < 4.78 is 2.09. The second kappa shape index (κ2) is 8.85. The van der Waals surface area contributed by atoms with Crippen molar-refractivity contribution in [1.82, 2.24) is 25.0 Å². The van der Waals surface area contributed by atoms with Gasteiger partial charge in [-0.05, 0) is 50.8 Å². The minimum absolute atomic E-state index is 0. The summed E-state index contributed by atoms with van der Waals surface area (Å²) in [6.45, 7) is 5.43. The van der Waals surface area contributed by atoms with Crippen LogP contribution in [0.4, 0.5) is 0 Å². The van der Waals surface area contributed by atoms with Crippen molar-refractivity contribution in [2.75, 3.05) is 19.6 Å². The van der Waals surface area contributed by atoms with Gasteiger partial charge >= 0.3 is 0 Å². The van der Waals surface area contributed by atoms with E-state index in [2.05, 4.69) is 32.2 Å². The molecule has 1 fully saturated rings. The number of carbonyl (C=O) groups excluding carboxylic acids is 1. The summed E-state index contributed by atoms with van der Waals surface area (Å²) in [5.41, 5.74) is 1.26. The van der Waals surface area contributed by atoms with E-state index in [9.17, 15) is 4.79 Å². The SMILES string of the molecule is C[C@@H]1C(=O)N(CCc2ccccc2)Cc2nnc(CC3CCNCC3)n21.Cl. The largest absolute Gasteiger partial charge is 0.333 e. The Morgan fingerprint density at radius 3 is 2.63 bits per heavy atom. The van der Waals surface area contributed by atoms with E-state index < -0.39 is 0 Å². The van der Waals surface area contributed by atoms with E-state index in [-0.39, 0.29) is 24.4 Å². The number of hydrogen-bond acceptors (Lipinski definition) is 4. The highest BCUT2D eigenvalue weighted by Gasteiger charge is 2.33. The average Bonchev–Trinajstić information content (AvgIpc) is 3.08. The second-order valence-corrected chi connectivity index (χ2v) is 7.47. The van der Waals surface area contributed by atoms with E-state index in [1.165, 1.54) is 18.4 Å². The van der Waals surface area contributed by atoms with Crippen molar-refractivity contribution in [3.8, 4) is 0 Å². The molecule has 2 aliphatic rings. The lowest BCUT2D eigenvalue weighted by Gasteiger charge is -2.32. The number of piperidine rings is 1. The van der Waals surface area contributed by atoms with E-state index in [4.69, 9.17) is 0 Å². The summed E-state index contributed by atoms with van der Waals surface area (Å²) in [5.74, 6) is 2.73. The van der Waals surface area contributed by atoms with Crippen LogP contribution in [0.15, 0.2) is 30.3 Å². The summed E-state index contributed by atoms with van der Waals surface area (Å²) in [6.07, 6.45) is 4.15. The van der Waals surface area contributed by atoms with Crippen molar-refractivity contribution in [2.45, 2.75) is 45.2 Å². The van der Waals surface area contributed by atoms with E-state index in [1.807, 2.05) is 30.0 Å². The van der Waals surface area contributed by atoms with Crippen molar-refractivity contribution in [3.05, 3.63) is 47.5 Å². The molecule has 1 atom stereocenters. The lowest BCUT2D eigenvalue weighted by atomic mass is 9.94. The molecular weight excluding hydrogens is 362 g/mol. The molecule has 0 aliphatic carbocycles. The van der Waals surface area contributed by atoms with Crippen LogP contribution < -0.4 is 5.32 Å². The number of aromatic nitrogens is 3. The molecule has 6 nitrogen and oxygen atoms in total. The van der Waals surface area contributed by atoms with E-state index >= 15 is 0 Å². The Balaban J connectivity index is 0.00000210. The molecule has 0 bridgehead atoms. The summed E-state index contributed by atoms with van der Waals surface area (Å²) >= 11 is 0. The van der Waals surface area contributed by atoms with Gasteiger partial charge in [0.25, 0.3) is 0 Å². The quantitative estimate of drug-likeness (QED) is 0.852. The van der Waals surface area contributed by atoms with Gasteiger partial charge in [0.2, 0.25) is 5.91 Å². The molecule has 2 aromatic rings. The zero-order valence-corrected chi connectivity index (χ0v) is 16.6. The van der Waals surface area contributed by atoms with Crippen molar-refractivity contribution < 1.29 is 4.79 Å². The van der Waals surface area contributed by atoms with Gasteiger partial charge in [-0.1, -0.05) is 30.3 Å². The van der Waals surface area contributed by atoms with Gasteiger partial charge in [-0.15, -0.1) is 22.6 Å². The zero-order chi connectivity index (χ0) is 17.9. The average molecular weight is 390 g/mol. The second-order valence-electron chi connectivity index (χ2n) is 7.47. The third-order valence-corrected chi connectivity index (χ3v) is 5.67. The highest BCUT2D eigenvalue weighted by atomic mass is 35.5. The van der Waals surface area contributed by atoms with Crippen molar-refractivity contribution in [1.29, 1.82) is 0 Å². The Hall–Kier alpha value is -1.92. The molecule has 0 spiro atoms. The lowest BCUT2D eigenvalue weighted by molar-refractivity contribution is -0.137. The predicted octanol–water partition coefficient (Wildman–Crippen LogP) is 2.39. The molecule has 1 saturated heterocycles. The number of nitrogens with zero attached hydrogens (tertiary/aromatic N) is 4. The van der Waals surface area contributed by atoms with Gasteiger partial charge in [0, 0.05) is 13.0 Å². The summed E-state index contributed by atoms with van der Waals surface area (Å²) in [6, 6.07) is 10.1. The standard InChI is InChI=1S/C20H27N5O.ClH/c1-15-20(26)24(12-9-16-5-3-2-4-6-16)14-19-23-22-18(25(15)19)13-17-7-10-21-11-8-17;/h2-6,15,17,21H,7-14H2,1H3;1H/t15-;/m1./s1. The van der Waals surface area contributed by atoms with E-state index in [1.54, 1.807) is 0 Å². The molecule has 1 aromatic heterocycles. The number of rotatable bonds is 5. The van der Waals surface area contributed by atoms with Crippen molar-refractivity contribution >= 4 is 18.3 Å². The van der Waals surface area contributed by atoms with E-state index in [0.717, 1.165) is 44.1 Å². The number of halogens is 1. The van der Waals surface area contributed by atoms with Gasteiger partial charge in [-0.2, -0.15) is 0 Å². The molecule has 27 heavy (non-hydrogen) atoms. The van der Waals surface area contributed by atoms with Gasteiger partial charge < -0.3 is 14.8 Å². The van der Waals surface area contributed by atoms with Crippen LogP contribution in [0.2, 0.25) is 0 Å². The first-order valence-electron chi connectivity index (χ1n) is 9.68. The van der Waals surface area contributed by atoms with Crippen LogP contribution in [-0.2, 0) is 24.2 Å². The van der Waals surface area contributed by atoms with Gasteiger partial charge in [-0.25, -0.2) is 0 Å². The predicted molar refractivity (Wildman–Crippen MR) is 107 cm³/mol. The number of nitrogens with one attached hydrogen (secondary N) is 1. The third-order valence-electron chi connectivity index (χ3n) is 5.67. The molecule has 1 N–H and O–H groups in total. The Bertz CT molecular complexity index is 757. The monoisotopic (exact) mass is 389 g/mol. The molecule has 0 radical (unpaired) electrons. The lowest BCUT2D eigenvalue weighted by Crippen LogP contribution is -2.43. The van der Waals surface area contributed by atoms with E-state index in [0.29, 0.717) is 12.5 Å². The molecular formula is C20H28ClN5O. The molecule has 1 aromatic carbocycles. The summed E-state index contributed by atoms with van der Waals surface area (Å²) in [5, 5.41) is 12.3. The highest BCUT2D eigenvalue weighted by Crippen LogP contribution is 2.26. The Morgan fingerprint density at radius 1 is 1.15 bits per heavy atom. The maximum absolute atomic E-state index is 12.9. The molecule has 2 aliphatic heterocycles.